The summed E-state index contributed by atoms with van der Waals surface area (Å²) in [5.41, 5.74) is 2.16. The van der Waals surface area contributed by atoms with E-state index in [2.05, 4.69) is 39.4 Å². The number of aryl methyl sites for hydroxylation is 1. The van der Waals surface area contributed by atoms with Crippen LogP contribution in [0.3, 0.4) is 0 Å². The van der Waals surface area contributed by atoms with Crippen LogP contribution in [-0.2, 0) is 13.5 Å². The highest BCUT2D eigenvalue weighted by Crippen LogP contribution is 2.18. The molecule has 0 saturated carbocycles. The van der Waals surface area contributed by atoms with Crippen molar-refractivity contribution in [3.8, 4) is 11.4 Å². The highest BCUT2D eigenvalue weighted by molar-refractivity contribution is 5.92. The lowest BCUT2D eigenvalue weighted by atomic mass is 10.1. The first-order chi connectivity index (χ1) is 12.4. The summed E-state index contributed by atoms with van der Waals surface area (Å²) in [5, 5.41) is 11.2. The Morgan fingerprint density at radius 2 is 2.15 bits per heavy atom. The maximum Gasteiger partial charge on any atom is 0.270 e. The van der Waals surface area contributed by atoms with Crippen molar-refractivity contribution in [2.24, 2.45) is 13.0 Å². The van der Waals surface area contributed by atoms with Crippen molar-refractivity contribution in [2.75, 3.05) is 0 Å². The third-order valence-corrected chi connectivity index (χ3v) is 3.86. The van der Waals surface area contributed by atoms with E-state index in [4.69, 9.17) is 4.52 Å². The SMILES string of the molecule is CC(C)Cc1cc(C(=O)N[C@H](C)c2nc(-c3cccnc3)no2)n(C)n1. The molecule has 26 heavy (non-hydrogen) atoms. The van der Waals surface area contributed by atoms with E-state index < -0.39 is 6.04 Å². The van der Waals surface area contributed by atoms with Gasteiger partial charge in [0, 0.05) is 25.0 Å². The second-order valence-corrected chi connectivity index (χ2v) is 6.64. The number of amides is 1. The lowest BCUT2D eigenvalue weighted by molar-refractivity contribution is 0.0923. The fourth-order valence-corrected chi connectivity index (χ4v) is 2.61. The number of hydrogen-bond donors (Lipinski definition) is 1. The van der Waals surface area contributed by atoms with E-state index in [0.29, 0.717) is 23.3 Å². The number of rotatable bonds is 6. The van der Waals surface area contributed by atoms with E-state index in [1.807, 2.05) is 12.1 Å². The van der Waals surface area contributed by atoms with Gasteiger partial charge < -0.3 is 9.84 Å². The molecule has 0 aliphatic rings. The Labute approximate surface area is 151 Å². The Balaban J connectivity index is 1.70. The third kappa shape index (κ3) is 3.96. The molecular formula is C18H22N6O2. The van der Waals surface area contributed by atoms with Gasteiger partial charge in [-0.1, -0.05) is 19.0 Å². The number of pyridine rings is 1. The van der Waals surface area contributed by atoms with Gasteiger partial charge in [0.05, 0.1) is 5.69 Å². The monoisotopic (exact) mass is 354 g/mol. The zero-order chi connectivity index (χ0) is 18.7. The molecule has 0 radical (unpaired) electrons. The predicted octanol–water partition coefficient (Wildman–Crippen LogP) is 2.55. The summed E-state index contributed by atoms with van der Waals surface area (Å²) >= 11 is 0. The zero-order valence-electron chi connectivity index (χ0n) is 15.3. The molecule has 8 heteroatoms. The maximum absolute atomic E-state index is 12.6. The fourth-order valence-electron chi connectivity index (χ4n) is 2.61. The number of carbonyl (C=O) groups excluding carboxylic acids is 1. The number of nitrogens with zero attached hydrogens (tertiary/aromatic N) is 5. The van der Waals surface area contributed by atoms with Crippen LogP contribution in [0, 0.1) is 5.92 Å². The Morgan fingerprint density at radius 1 is 1.35 bits per heavy atom. The molecule has 136 valence electrons. The first-order valence-electron chi connectivity index (χ1n) is 8.52. The minimum atomic E-state index is -0.427. The van der Waals surface area contributed by atoms with Gasteiger partial charge in [0.15, 0.2) is 0 Å². The largest absolute Gasteiger partial charge is 0.339 e. The molecule has 3 heterocycles. The van der Waals surface area contributed by atoms with E-state index in [1.54, 1.807) is 37.1 Å². The van der Waals surface area contributed by atoms with Gasteiger partial charge in [0.2, 0.25) is 11.7 Å². The lowest BCUT2D eigenvalue weighted by Crippen LogP contribution is -2.28. The van der Waals surface area contributed by atoms with Gasteiger partial charge in [-0.05, 0) is 37.5 Å². The highest BCUT2D eigenvalue weighted by Gasteiger charge is 2.20. The molecule has 3 aromatic heterocycles. The molecule has 0 bridgehead atoms. The fraction of sp³-hybridized carbons (Fsp3) is 0.389. The summed E-state index contributed by atoms with van der Waals surface area (Å²) in [5.74, 6) is 1.02. The van der Waals surface area contributed by atoms with Gasteiger partial charge in [-0.2, -0.15) is 10.1 Å². The van der Waals surface area contributed by atoms with Crippen LogP contribution in [0.15, 0.2) is 35.1 Å². The molecule has 0 aliphatic carbocycles. The van der Waals surface area contributed by atoms with E-state index in [9.17, 15) is 4.79 Å². The minimum absolute atomic E-state index is 0.233. The number of nitrogens with one attached hydrogen (secondary N) is 1. The molecule has 0 fully saturated rings. The minimum Gasteiger partial charge on any atom is -0.339 e. The standard InChI is InChI=1S/C18H22N6O2/c1-11(2)8-14-9-15(24(4)22-14)17(25)20-12(3)18-21-16(23-26-18)13-6-5-7-19-10-13/h5-7,9-12H,8H2,1-4H3,(H,20,25)/t12-/m1/s1. The molecule has 3 rings (SSSR count). The third-order valence-electron chi connectivity index (χ3n) is 3.86. The number of carbonyl (C=O) groups is 1. The number of aromatic nitrogens is 5. The van der Waals surface area contributed by atoms with Crippen LogP contribution in [0.25, 0.3) is 11.4 Å². The van der Waals surface area contributed by atoms with Crippen molar-refractivity contribution >= 4 is 5.91 Å². The average Bonchev–Trinajstić information content (AvgIpc) is 3.22. The van der Waals surface area contributed by atoms with Crippen molar-refractivity contribution < 1.29 is 9.32 Å². The van der Waals surface area contributed by atoms with Crippen molar-refractivity contribution in [3.63, 3.8) is 0 Å². The highest BCUT2D eigenvalue weighted by atomic mass is 16.5. The first-order valence-corrected chi connectivity index (χ1v) is 8.52. The Morgan fingerprint density at radius 3 is 2.85 bits per heavy atom. The molecular weight excluding hydrogens is 332 g/mol. The second kappa shape index (κ2) is 7.47. The van der Waals surface area contributed by atoms with E-state index in [-0.39, 0.29) is 5.91 Å². The molecule has 0 unspecified atom stereocenters. The molecule has 8 nitrogen and oxygen atoms in total. The topological polar surface area (TPSA) is 98.7 Å². The van der Waals surface area contributed by atoms with E-state index in [0.717, 1.165) is 17.7 Å². The Bertz CT molecular complexity index is 884. The first kappa shape index (κ1) is 17.8. The smallest absolute Gasteiger partial charge is 0.270 e. The summed E-state index contributed by atoms with van der Waals surface area (Å²) < 4.78 is 6.87. The summed E-state index contributed by atoms with van der Waals surface area (Å²) in [4.78, 5) is 20.9. The van der Waals surface area contributed by atoms with Crippen LogP contribution in [-0.4, -0.2) is 30.8 Å². The van der Waals surface area contributed by atoms with Crippen LogP contribution < -0.4 is 5.32 Å². The van der Waals surface area contributed by atoms with Gasteiger partial charge in [-0.15, -0.1) is 0 Å². The molecule has 0 aromatic carbocycles. The Hall–Kier alpha value is -3.03. The molecule has 1 atom stereocenters. The van der Waals surface area contributed by atoms with Gasteiger partial charge in [0.1, 0.15) is 11.7 Å². The summed E-state index contributed by atoms with van der Waals surface area (Å²) in [6.45, 7) is 6.03. The lowest BCUT2D eigenvalue weighted by Gasteiger charge is -2.09. The average molecular weight is 354 g/mol. The van der Waals surface area contributed by atoms with Crippen LogP contribution in [0.4, 0.5) is 0 Å². The van der Waals surface area contributed by atoms with Crippen LogP contribution in [0.1, 0.15) is 48.9 Å². The molecule has 0 aliphatic heterocycles. The van der Waals surface area contributed by atoms with Crippen molar-refractivity contribution in [2.45, 2.75) is 33.2 Å². The van der Waals surface area contributed by atoms with E-state index >= 15 is 0 Å². The zero-order valence-corrected chi connectivity index (χ0v) is 15.3. The van der Waals surface area contributed by atoms with Gasteiger partial charge >= 0.3 is 0 Å². The summed E-state index contributed by atoms with van der Waals surface area (Å²) in [6, 6.07) is 5.03. The van der Waals surface area contributed by atoms with E-state index in [1.165, 1.54) is 0 Å². The quantitative estimate of drug-likeness (QED) is 0.730. The number of hydrogen-bond acceptors (Lipinski definition) is 6. The second-order valence-electron chi connectivity index (χ2n) is 6.64. The Kier molecular flexibility index (Phi) is 5.11. The van der Waals surface area contributed by atoms with Gasteiger partial charge in [-0.25, -0.2) is 0 Å². The predicted molar refractivity (Wildman–Crippen MR) is 95.2 cm³/mol. The molecule has 0 spiro atoms. The molecule has 1 N–H and O–H groups in total. The summed E-state index contributed by atoms with van der Waals surface area (Å²) in [6.07, 6.45) is 4.16. The van der Waals surface area contributed by atoms with Crippen molar-refractivity contribution in [3.05, 3.63) is 47.9 Å². The molecule has 0 saturated heterocycles. The van der Waals surface area contributed by atoms with Gasteiger partial charge in [0.25, 0.3) is 5.91 Å². The summed E-state index contributed by atoms with van der Waals surface area (Å²) in [7, 11) is 1.76. The van der Waals surface area contributed by atoms with Gasteiger partial charge in [-0.3, -0.25) is 14.5 Å². The molecule has 3 aromatic rings. The molecule has 1 amide bonds. The van der Waals surface area contributed by atoms with Crippen LogP contribution in [0.5, 0.6) is 0 Å². The normalized spacial score (nSPS) is 12.3. The van der Waals surface area contributed by atoms with Crippen LogP contribution >= 0.6 is 0 Å². The maximum atomic E-state index is 12.6. The van der Waals surface area contributed by atoms with Crippen molar-refractivity contribution in [1.29, 1.82) is 0 Å². The van der Waals surface area contributed by atoms with Crippen molar-refractivity contribution in [1.82, 2.24) is 30.2 Å². The van der Waals surface area contributed by atoms with Crippen LogP contribution in [0.2, 0.25) is 0 Å².